The number of halogens is 1. The van der Waals surface area contributed by atoms with Crippen molar-refractivity contribution in [2.24, 2.45) is 4.99 Å². The Morgan fingerprint density at radius 3 is 2.33 bits per heavy atom. The first kappa shape index (κ1) is 27.0. The molecule has 0 aliphatic carbocycles. The van der Waals surface area contributed by atoms with Crippen LogP contribution in [0.1, 0.15) is 22.3 Å². The van der Waals surface area contributed by atoms with Crippen LogP contribution in [0.25, 0.3) is 6.08 Å². The van der Waals surface area contributed by atoms with Crippen molar-refractivity contribution in [1.82, 2.24) is 4.90 Å². The second-order valence-electron chi connectivity index (χ2n) is 9.04. The van der Waals surface area contributed by atoms with Crippen LogP contribution in [0.5, 0.6) is 11.5 Å². The van der Waals surface area contributed by atoms with Gasteiger partial charge in [0, 0.05) is 0 Å². The second kappa shape index (κ2) is 12.5. The fourth-order valence-electron chi connectivity index (χ4n) is 3.98. The summed E-state index contributed by atoms with van der Waals surface area (Å²) in [6.45, 7) is 3.00. The standard InChI is InChI=1S/C32H27IN2O3S/c1-22-8-10-24(11-9-22)21-38-29-17-14-25(18-28(29)33)19-30-31(36)35(20-23-12-15-27(37-2)16-13-23)32(39-30)34-26-6-4-3-5-7-26/h3-19H,20-21H2,1-2H3/b30-19-,34-32?. The predicted octanol–water partition coefficient (Wildman–Crippen LogP) is 7.99. The van der Waals surface area contributed by atoms with E-state index >= 15 is 0 Å². The minimum atomic E-state index is -0.0693. The number of benzene rings is 4. The highest BCUT2D eigenvalue weighted by atomic mass is 127. The molecule has 4 aromatic rings. The molecule has 5 rings (SSSR count). The number of thioether (sulfide) groups is 1. The van der Waals surface area contributed by atoms with E-state index in [0.717, 1.165) is 37.4 Å². The fourth-order valence-corrected chi connectivity index (χ4v) is 5.67. The molecule has 1 aliphatic heterocycles. The number of para-hydroxylation sites is 1. The normalized spacial score (nSPS) is 15.3. The summed E-state index contributed by atoms with van der Waals surface area (Å²) in [6, 6.07) is 31.7. The molecule has 1 saturated heterocycles. The average molecular weight is 647 g/mol. The van der Waals surface area contributed by atoms with E-state index in [1.807, 2.05) is 78.9 Å². The van der Waals surface area contributed by atoms with Gasteiger partial charge in [-0.15, -0.1) is 0 Å². The number of aliphatic imine (C=N–C) groups is 1. The van der Waals surface area contributed by atoms with E-state index in [0.29, 0.717) is 23.2 Å². The van der Waals surface area contributed by atoms with Crippen molar-refractivity contribution in [3.05, 3.63) is 128 Å². The Bertz CT molecular complexity index is 1520. The van der Waals surface area contributed by atoms with Gasteiger partial charge < -0.3 is 9.47 Å². The number of methoxy groups -OCH3 is 1. The number of amidine groups is 1. The molecule has 0 radical (unpaired) electrons. The van der Waals surface area contributed by atoms with Crippen molar-refractivity contribution in [3.8, 4) is 11.5 Å². The Kier molecular flexibility index (Phi) is 8.68. The van der Waals surface area contributed by atoms with Gasteiger partial charge >= 0.3 is 0 Å². The summed E-state index contributed by atoms with van der Waals surface area (Å²) >= 11 is 3.67. The van der Waals surface area contributed by atoms with Gasteiger partial charge in [0.2, 0.25) is 0 Å². The SMILES string of the molecule is COc1ccc(CN2C(=O)/C(=C/c3ccc(OCc4ccc(C)cc4)c(I)c3)SC2=Nc2ccccc2)cc1. The quantitative estimate of drug-likeness (QED) is 0.144. The Morgan fingerprint density at radius 1 is 0.923 bits per heavy atom. The van der Waals surface area contributed by atoms with Crippen molar-refractivity contribution in [1.29, 1.82) is 0 Å². The lowest BCUT2D eigenvalue weighted by molar-refractivity contribution is -0.122. The number of carbonyl (C=O) groups excluding carboxylic acids is 1. The molecular formula is C32H27IN2O3S. The molecule has 0 N–H and O–H groups in total. The molecule has 1 heterocycles. The van der Waals surface area contributed by atoms with E-state index in [9.17, 15) is 4.79 Å². The molecule has 0 spiro atoms. The first-order chi connectivity index (χ1) is 19.0. The number of rotatable bonds is 8. The van der Waals surface area contributed by atoms with Crippen molar-refractivity contribution in [2.75, 3.05) is 7.11 Å². The summed E-state index contributed by atoms with van der Waals surface area (Å²) in [6.07, 6.45) is 1.92. The highest BCUT2D eigenvalue weighted by molar-refractivity contribution is 14.1. The molecular weight excluding hydrogens is 619 g/mol. The summed E-state index contributed by atoms with van der Waals surface area (Å²) in [5.41, 5.74) is 5.08. The van der Waals surface area contributed by atoms with Crippen LogP contribution in [-0.4, -0.2) is 23.1 Å². The minimum absolute atomic E-state index is 0.0693. The Labute approximate surface area is 246 Å². The van der Waals surface area contributed by atoms with Gasteiger partial charge in [-0.25, -0.2) is 4.99 Å². The highest BCUT2D eigenvalue weighted by Gasteiger charge is 2.33. The number of hydrogen-bond donors (Lipinski definition) is 0. The van der Waals surface area contributed by atoms with E-state index < -0.39 is 0 Å². The molecule has 0 saturated carbocycles. The average Bonchev–Trinajstić information content (AvgIpc) is 3.23. The molecule has 4 aromatic carbocycles. The van der Waals surface area contributed by atoms with Gasteiger partial charge in [-0.3, -0.25) is 9.69 Å². The lowest BCUT2D eigenvalue weighted by atomic mass is 10.1. The molecule has 1 aliphatic rings. The molecule has 0 bridgehead atoms. The number of nitrogens with zero attached hydrogens (tertiary/aromatic N) is 2. The summed E-state index contributed by atoms with van der Waals surface area (Å²) in [7, 11) is 1.64. The smallest absolute Gasteiger partial charge is 0.267 e. The number of hydrogen-bond acceptors (Lipinski definition) is 5. The molecule has 1 fully saturated rings. The van der Waals surface area contributed by atoms with Crippen LogP contribution in [-0.2, 0) is 17.9 Å². The van der Waals surface area contributed by atoms with Gasteiger partial charge in [-0.05, 0) is 100 Å². The molecule has 7 heteroatoms. The van der Waals surface area contributed by atoms with Crippen LogP contribution < -0.4 is 9.47 Å². The summed E-state index contributed by atoms with van der Waals surface area (Å²) in [4.78, 5) is 20.7. The van der Waals surface area contributed by atoms with Gasteiger partial charge in [0.15, 0.2) is 5.17 Å². The van der Waals surface area contributed by atoms with Crippen molar-refractivity contribution in [3.63, 3.8) is 0 Å². The minimum Gasteiger partial charge on any atom is -0.497 e. The predicted molar refractivity (Wildman–Crippen MR) is 167 cm³/mol. The molecule has 196 valence electrons. The molecule has 39 heavy (non-hydrogen) atoms. The Balaban J connectivity index is 1.37. The van der Waals surface area contributed by atoms with Crippen molar-refractivity contribution >= 4 is 57.2 Å². The third-order valence-electron chi connectivity index (χ3n) is 6.14. The third-order valence-corrected chi connectivity index (χ3v) is 7.99. The summed E-state index contributed by atoms with van der Waals surface area (Å²) in [5, 5.41) is 0.654. The zero-order valence-corrected chi connectivity index (χ0v) is 24.6. The topological polar surface area (TPSA) is 51.1 Å². The summed E-state index contributed by atoms with van der Waals surface area (Å²) < 4.78 is 12.3. The molecule has 5 nitrogen and oxygen atoms in total. The number of ether oxygens (including phenoxy) is 2. The van der Waals surface area contributed by atoms with Gasteiger partial charge in [-0.2, -0.15) is 0 Å². The van der Waals surface area contributed by atoms with Crippen molar-refractivity contribution in [2.45, 2.75) is 20.1 Å². The van der Waals surface area contributed by atoms with Gasteiger partial charge in [0.1, 0.15) is 18.1 Å². The van der Waals surface area contributed by atoms with Crippen LogP contribution in [0.4, 0.5) is 5.69 Å². The first-order valence-electron chi connectivity index (χ1n) is 12.4. The van der Waals surface area contributed by atoms with Crippen LogP contribution in [0.15, 0.2) is 107 Å². The largest absolute Gasteiger partial charge is 0.497 e. The van der Waals surface area contributed by atoms with E-state index in [4.69, 9.17) is 14.5 Å². The van der Waals surface area contributed by atoms with Crippen LogP contribution >= 0.6 is 34.4 Å². The van der Waals surface area contributed by atoms with Crippen LogP contribution in [0.2, 0.25) is 0 Å². The van der Waals surface area contributed by atoms with Crippen molar-refractivity contribution < 1.29 is 14.3 Å². The Morgan fingerprint density at radius 2 is 1.64 bits per heavy atom. The number of amides is 1. The molecule has 1 amide bonds. The maximum atomic E-state index is 13.6. The molecule has 0 aromatic heterocycles. The van der Waals surface area contributed by atoms with E-state index in [1.165, 1.54) is 17.3 Å². The number of carbonyl (C=O) groups is 1. The van der Waals surface area contributed by atoms with Gasteiger partial charge in [0.25, 0.3) is 5.91 Å². The lowest BCUT2D eigenvalue weighted by Crippen LogP contribution is -2.28. The molecule has 0 unspecified atom stereocenters. The zero-order chi connectivity index (χ0) is 27.2. The second-order valence-corrected chi connectivity index (χ2v) is 11.2. The van der Waals surface area contributed by atoms with Gasteiger partial charge in [-0.1, -0.05) is 66.2 Å². The highest BCUT2D eigenvalue weighted by Crippen LogP contribution is 2.36. The van der Waals surface area contributed by atoms with E-state index in [-0.39, 0.29) is 5.91 Å². The van der Waals surface area contributed by atoms with Crippen LogP contribution in [0.3, 0.4) is 0 Å². The fraction of sp³-hybridized carbons (Fsp3) is 0.125. The Hall–Kier alpha value is -3.56. The van der Waals surface area contributed by atoms with E-state index in [1.54, 1.807) is 12.0 Å². The maximum Gasteiger partial charge on any atom is 0.267 e. The number of aryl methyl sites for hydroxylation is 1. The van der Waals surface area contributed by atoms with E-state index in [2.05, 4.69) is 53.8 Å². The maximum absolute atomic E-state index is 13.6. The monoisotopic (exact) mass is 646 g/mol. The third kappa shape index (κ3) is 6.91. The molecule has 0 atom stereocenters. The lowest BCUT2D eigenvalue weighted by Gasteiger charge is -2.16. The first-order valence-corrected chi connectivity index (χ1v) is 14.3. The van der Waals surface area contributed by atoms with Crippen LogP contribution in [0, 0.1) is 10.5 Å². The summed E-state index contributed by atoms with van der Waals surface area (Å²) in [5.74, 6) is 1.52. The van der Waals surface area contributed by atoms with Gasteiger partial charge in [0.05, 0.1) is 27.8 Å². The zero-order valence-electron chi connectivity index (χ0n) is 21.6.